The highest BCUT2D eigenvalue weighted by atomic mass is 32.2. The summed E-state index contributed by atoms with van der Waals surface area (Å²) in [6.45, 7) is 0.372. The Labute approximate surface area is 139 Å². The quantitative estimate of drug-likeness (QED) is 0.798. The van der Waals surface area contributed by atoms with E-state index in [1.54, 1.807) is 11.8 Å². The summed E-state index contributed by atoms with van der Waals surface area (Å²) >= 11 is 1.65. The highest BCUT2D eigenvalue weighted by molar-refractivity contribution is 7.98. The minimum absolute atomic E-state index is 0.372. The number of nitrogens with zero attached hydrogens (tertiary/aromatic N) is 2. The van der Waals surface area contributed by atoms with E-state index >= 15 is 0 Å². The Bertz CT molecular complexity index is 725. The predicted octanol–water partition coefficient (Wildman–Crippen LogP) is 3.99. The van der Waals surface area contributed by atoms with Crippen molar-refractivity contribution in [2.75, 3.05) is 6.26 Å². The summed E-state index contributed by atoms with van der Waals surface area (Å²) in [6, 6.07) is 19.0. The fourth-order valence-electron chi connectivity index (χ4n) is 2.64. The Morgan fingerprint density at radius 1 is 1.17 bits per heavy atom. The van der Waals surface area contributed by atoms with E-state index in [1.807, 2.05) is 60.9 Å². The van der Waals surface area contributed by atoms with Gasteiger partial charge in [0.15, 0.2) is 12.1 Å². The summed E-state index contributed by atoms with van der Waals surface area (Å²) < 4.78 is 5.47. The van der Waals surface area contributed by atoms with Crippen molar-refractivity contribution in [1.82, 2.24) is 4.90 Å². The third-order valence-electron chi connectivity index (χ3n) is 3.86. The third kappa shape index (κ3) is 3.17. The zero-order chi connectivity index (χ0) is 16.2. The standard InChI is InChI=1S/C18H16N2O2S/c1-23-15-9-7-14(8-10-15)17-16(11-19)20(18(21)22-17)12-13-5-3-2-4-6-13/h2-10,16-17H,12H2,1H3/t16-,17-/m1/s1. The first kappa shape index (κ1) is 15.4. The van der Waals surface area contributed by atoms with Crippen LogP contribution in [0, 0.1) is 11.3 Å². The zero-order valence-electron chi connectivity index (χ0n) is 12.7. The number of thioether (sulfide) groups is 1. The maximum absolute atomic E-state index is 12.2. The Morgan fingerprint density at radius 2 is 1.87 bits per heavy atom. The molecule has 0 saturated carbocycles. The molecule has 0 aromatic heterocycles. The molecule has 0 radical (unpaired) electrons. The summed E-state index contributed by atoms with van der Waals surface area (Å²) in [5.41, 5.74) is 1.82. The summed E-state index contributed by atoms with van der Waals surface area (Å²) in [4.78, 5) is 14.8. The first-order chi connectivity index (χ1) is 11.2. The molecule has 2 aromatic rings. The molecule has 0 spiro atoms. The minimum Gasteiger partial charge on any atom is -0.438 e. The second kappa shape index (κ2) is 6.76. The van der Waals surface area contributed by atoms with Gasteiger partial charge in [0, 0.05) is 4.90 Å². The van der Waals surface area contributed by atoms with Gasteiger partial charge >= 0.3 is 6.09 Å². The van der Waals surface area contributed by atoms with Crippen molar-refractivity contribution in [3.63, 3.8) is 0 Å². The molecule has 0 aliphatic carbocycles. The second-order valence-electron chi connectivity index (χ2n) is 5.26. The number of benzene rings is 2. The summed E-state index contributed by atoms with van der Waals surface area (Å²) in [7, 11) is 0. The van der Waals surface area contributed by atoms with Gasteiger partial charge in [-0.2, -0.15) is 5.26 Å². The van der Waals surface area contributed by atoms with E-state index in [0.29, 0.717) is 6.54 Å². The van der Waals surface area contributed by atoms with Crippen LogP contribution >= 0.6 is 11.8 Å². The molecular weight excluding hydrogens is 308 g/mol. The number of cyclic esters (lactones) is 1. The molecule has 1 fully saturated rings. The Hall–Kier alpha value is -2.45. The molecule has 1 heterocycles. The van der Waals surface area contributed by atoms with Crippen LogP contribution in [0.5, 0.6) is 0 Å². The number of rotatable bonds is 4. The van der Waals surface area contributed by atoms with Gasteiger partial charge in [-0.25, -0.2) is 4.79 Å². The average molecular weight is 324 g/mol. The monoisotopic (exact) mass is 324 g/mol. The normalized spacial score (nSPS) is 20.2. The van der Waals surface area contributed by atoms with Crippen LogP contribution in [0.1, 0.15) is 17.2 Å². The van der Waals surface area contributed by atoms with Crippen LogP contribution in [0.2, 0.25) is 0 Å². The van der Waals surface area contributed by atoms with Gasteiger partial charge in [-0.3, -0.25) is 4.90 Å². The number of hydrogen-bond acceptors (Lipinski definition) is 4. The lowest BCUT2D eigenvalue weighted by Gasteiger charge is -2.18. The van der Waals surface area contributed by atoms with Crippen LogP contribution in [0.25, 0.3) is 0 Å². The van der Waals surface area contributed by atoms with E-state index in [0.717, 1.165) is 16.0 Å². The number of nitriles is 1. The Balaban J connectivity index is 1.83. The SMILES string of the molecule is CSc1ccc([C@H]2OC(=O)N(Cc3ccccc3)[C@@H]2C#N)cc1. The molecule has 3 rings (SSSR count). The van der Waals surface area contributed by atoms with Gasteiger partial charge in [0.1, 0.15) is 0 Å². The highest BCUT2D eigenvalue weighted by Crippen LogP contribution is 2.34. The fourth-order valence-corrected chi connectivity index (χ4v) is 3.05. The maximum Gasteiger partial charge on any atom is 0.412 e. The first-order valence-corrected chi connectivity index (χ1v) is 8.50. The van der Waals surface area contributed by atoms with E-state index in [9.17, 15) is 10.1 Å². The number of amides is 1. The molecular formula is C18H16N2O2S. The number of carbonyl (C=O) groups excluding carboxylic acids is 1. The van der Waals surface area contributed by atoms with Gasteiger partial charge < -0.3 is 4.74 Å². The van der Waals surface area contributed by atoms with Crippen LogP contribution < -0.4 is 0 Å². The van der Waals surface area contributed by atoms with Gasteiger partial charge in [-0.15, -0.1) is 11.8 Å². The summed E-state index contributed by atoms with van der Waals surface area (Å²) in [5, 5.41) is 9.54. The second-order valence-corrected chi connectivity index (χ2v) is 6.14. The van der Waals surface area contributed by atoms with E-state index in [-0.39, 0.29) is 0 Å². The van der Waals surface area contributed by atoms with E-state index in [2.05, 4.69) is 6.07 Å². The summed E-state index contributed by atoms with van der Waals surface area (Å²) in [5.74, 6) is 0. The van der Waals surface area contributed by atoms with Crippen LogP contribution in [0.15, 0.2) is 59.5 Å². The zero-order valence-corrected chi connectivity index (χ0v) is 13.5. The summed E-state index contributed by atoms with van der Waals surface area (Å²) in [6.07, 6.45) is 1.01. The number of hydrogen-bond donors (Lipinski definition) is 0. The van der Waals surface area contributed by atoms with Gasteiger partial charge in [-0.05, 0) is 29.5 Å². The lowest BCUT2D eigenvalue weighted by molar-refractivity contribution is 0.131. The fraction of sp³-hybridized carbons (Fsp3) is 0.222. The van der Waals surface area contributed by atoms with Gasteiger partial charge in [0.25, 0.3) is 0 Å². The smallest absolute Gasteiger partial charge is 0.412 e. The molecule has 1 saturated heterocycles. The molecule has 0 bridgehead atoms. The predicted molar refractivity (Wildman–Crippen MR) is 88.8 cm³/mol. The molecule has 5 heteroatoms. The minimum atomic E-state index is -0.622. The van der Waals surface area contributed by atoms with Gasteiger partial charge in [0.05, 0.1) is 12.6 Å². The molecule has 2 aromatic carbocycles. The maximum atomic E-state index is 12.2. The lowest BCUT2D eigenvalue weighted by Crippen LogP contribution is -2.32. The van der Waals surface area contributed by atoms with Crippen molar-refractivity contribution in [3.05, 3.63) is 65.7 Å². The highest BCUT2D eigenvalue weighted by Gasteiger charge is 2.42. The van der Waals surface area contributed by atoms with Crippen molar-refractivity contribution >= 4 is 17.9 Å². The largest absolute Gasteiger partial charge is 0.438 e. The van der Waals surface area contributed by atoms with Crippen molar-refractivity contribution in [3.8, 4) is 6.07 Å². The molecule has 1 aliphatic rings. The Kier molecular flexibility index (Phi) is 4.54. The molecule has 116 valence electrons. The van der Waals surface area contributed by atoms with E-state index in [4.69, 9.17) is 4.74 Å². The first-order valence-electron chi connectivity index (χ1n) is 7.27. The molecule has 1 aliphatic heterocycles. The van der Waals surface area contributed by atoms with Crippen LogP contribution in [-0.4, -0.2) is 23.3 Å². The van der Waals surface area contributed by atoms with Crippen LogP contribution in [0.3, 0.4) is 0 Å². The average Bonchev–Trinajstić information content (AvgIpc) is 2.92. The number of ether oxygens (including phenoxy) is 1. The molecule has 0 unspecified atom stereocenters. The van der Waals surface area contributed by atoms with Crippen LogP contribution in [0.4, 0.5) is 4.79 Å². The third-order valence-corrected chi connectivity index (χ3v) is 4.60. The van der Waals surface area contributed by atoms with Crippen LogP contribution in [-0.2, 0) is 11.3 Å². The topological polar surface area (TPSA) is 53.3 Å². The van der Waals surface area contributed by atoms with E-state index in [1.165, 1.54) is 4.90 Å². The molecule has 1 amide bonds. The van der Waals surface area contributed by atoms with E-state index < -0.39 is 18.2 Å². The molecule has 0 N–H and O–H groups in total. The number of carbonyl (C=O) groups is 1. The van der Waals surface area contributed by atoms with Crippen molar-refractivity contribution in [1.29, 1.82) is 5.26 Å². The molecule has 23 heavy (non-hydrogen) atoms. The van der Waals surface area contributed by atoms with Crippen molar-refractivity contribution in [2.24, 2.45) is 0 Å². The van der Waals surface area contributed by atoms with Gasteiger partial charge in [0.2, 0.25) is 0 Å². The van der Waals surface area contributed by atoms with Crippen molar-refractivity contribution in [2.45, 2.75) is 23.6 Å². The molecule has 4 nitrogen and oxygen atoms in total. The van der Waals surface area contributed by atoms with Crippen molar-refractivity contribution < 1.29 is 9.53 Å². The Morgan fingerprint density at radius 3 is 2.48 bits per heavy atom. The van der Waals surface area contributed by atoms with Gasteiger partial charge in [-0.1, -0.05) is 42.5 Å². The molecule has 2 atom stereocenters. The lowest BCUT2D eigenvalue weighted by atomic mass is 10.0.